The number of Topliss-reactive ketones (excluding diaryl/α,β-unsaturated/α-hetero) is 1. The van der Waals surface area contributed by atoms with Gasteiger partial charge in [-0.15, -0.1) is 11.3 Å². The molecule has 1 aromatic carbocycles. The third-order valence-corrected chi connectivity index (χ3v) is 7.24. The molecule has 176 valence electrons. The molecule has 10 heteroatoms. The minimum Gasteiger partial charge on any atom is -0.442 e. The van der Waals surface area contributed by atoms with E-state index in [1.54, 1.807) is 18.2 Å². The van der Waals surface area contributed by atoms with Crippen molar-refractivity contribution in [3.05, 3.63) is 50.9 Å². The highest BCUT2D eigenvalue weighted by atomic mass is 35.5. The van der Waals surface area contributed by atoms with Gasteiger partial charge in [0.25, 0.3) is 5.91 Å². The summed E-state index contributed by atoms with van der Waals surface area (Å²) in [7, 11) is 0. The second-order valence-corrected chi connectivity index (χ2v) is 10.0. The molecule has 2 fully saturated rings. The summed E-state index contributed by atoms with van der Waals surface area (Å²) in [5.74, 6) is -1.21. The molecule has 0 radical (unpaired) electrons. The molecule has 2 aliphatic rings. The fraction of sp³-hybridized carbons (Fsp3) is 0.435. The number of aliphatic hydroxyl groups is 1. The SMILES string of the molecule is O=C(NC[C@H]1CN(c2ccc(CCC3CCCC(O)C3=O)cc2F)C(=O)O1)c1ccc(Cl)s1. The zero-order chi connectivity index (χ0) is 23.5. The Hall–Kier alpha value is -2.49. The first-order valence-corrected chi connectivity index (χ1v) is 12.0. The van der Waals surface area contributed by atoms with E-state index in [2.05, 4.69) is 5.32 Å². The highest BCUT2D eigenvalue weighted by molar-refractivity contribution is 7.18. The van der Waals surface area contributed by atoms with Crippen molar-refractivity contribution in [3.8, 4) is 0 Å². The summed E-state index contributed by atoms with van der Waals surface area (Å²) < 4.78 is 20.6. The summed E-state index contributed by atoms with van der Waals surface area (Å²) in [4.78, 5) is 38.2. The molecule has 7 nitrogen and oxygen atoms in total. The number of carbonyl (C=O) groups excluding carboxylic acids is 3. The molecule has 2 heterocycles. The van der Waals surface area contributed by atoms with Gasteiger partial charge in [0.2, 0.25) is 0 Å². The molecule has 3 atom stereocenters. The molecule has 1 aliphatic heterocycles. The van der Waals surface area contributed by atoms with Crippen LogP contribution in [0.2, 0.25) is 4.34 Å². The van der Waals surface area contributed by atoms with Crippen LogP contribution in [0.5, 0.6) is 0 Å². The molecular weight excluding hydrogens is 471 g/mol. The lowest BCUT2D eigenvalue weighted by Crippen LogP contribution is -2.34. The first-order valence-electron chi connectivity index (χ1n) is 10.8. The lowest BCUT2D eigenvalue weighted by atomic mass is 9.82. The Bertz CT molecular complexity index is 1060. The quantitative estimate of drug-likeness (QED) is 0.607. The second-order valence-electron chi connectivity index (χ2n) is 8.30. The Labute approximate surface area is 199 Å². The molecule has 2 unspecified atom stereocenters. The Kier molecular flexibility index (Phi) is 7.31. The zero-order valence-corrected chi connectivity index (χ0v) is 19.3. The molecule has 0 bridgehead atoms. The van der Waals surface area contributed by atoms with Crippen molar-refractivity contribution < 1.29 is 28.6 Å². The number of nitrogens with zero attached hydrogens (tertiary/aromatic N) is 1. The number of halogens is 2. The number of benzene rings is 1. The van der Waals surface area contributed by atoms with Crippen molar-refractivity contribution >= 4 is 46.4 Å². The van der Waals surface area contributed by atoms with Crippen molar-refractivity contribution in [2.24, 2.45) is 5.92 Å². The third kappa shape index (κ3) is 5.54. The summed E-state index contributed by atoms with van der Waals surface area (Å²) >= 11 is 6.98. The number of aliphatic hydroxyl groups excluding tert-OH is 1. The molecule has 1 aromatic heterocycles. The Balaban J connectivity index is 1.32. The Morgan fingerprint density at radius 2 is 2.09 bits per heavy atom. The number of ketones is 1. The van der Waals surface area contributed by atoms with Gasteiger partial charge >= 0.3 is 6.09 Å². The van der Waals surface area contributed by atoms with Gasteiger partial charge in [-0.25, -0.2) is 9.18 Å². The summed E-state index contributed by atoms with van der Waals surface area (Å²) in [6.07, 6.45) is 0.950. The first kappa shape index (κ1) is 23.7. The van der Waals surface area contributed by atoms with Gasteiger partial charge in [0.15, 0.2) is 5.78 Å². The van der Waals surface area contributed by atoms with Gasteiger partial charge in [0.1, 0.15) is 18.0 Å². The van der Waals surface area contributed by atoms with E-state index in [1.807, 2.05) is 0 Å². The number of thiophene rings is 1. The van der Waals surface area contributed by atoms with Crippen LogP contribution in [0.15, 0.2) is 30.3 Å². The van der Waals surface area contributed by atoms with E-state index >= 15 is 0 Å². The highest BCUT2D eigenvalue weighted by Gasteiger charge is 2.34. The molecule has 2 N–H and O–H groups in total. The summed E-state index contributed by atoms with van der Waals surface area (Å²) in [6, 6.07) is 7.85. The number of nitrogens with one attached hydrogen (secondary N) is 1. The monoisotopic (exact) mass is 494 g/mol. The number of anilines is 1. The van der Waals surface area contributed by atoms with E-state index in [4.69, 9.17) is 16.3 Å². The van der Waals surface area contributed by atoms with Crippen molar-refractivity contribution in [2.75, 3.05) is 18.0 Å². The van der Waals surface area contributed by atoms with Gasteiger partial charge in [-0.1, -0.05) is 17.7 Å². The molecule has 0 spiro atoms. The van der Waals surface area contributed by atoms with Crippen LogP contribution in [0, 0.1) is 11.7 Å². The summed E-state index contributed by atoms with van der Waals surface area (Å²) in [5.41, 5.74) is 0.821. The van der Waals surface area contributed by atoms with Gasteiger partial charge in [0.05, 0.1) is 28.0 Å². The normalized spacial score (nSPS) is 23.0. The molecular formula is C23H24ClFN2O5S. The van der Waals surface area contributed by atoms with Crippen LogP contribution in [-0.2, 0) is 16.0 Å². The number of hydrogen-bond donors (Lipinski definition) is 2. The number of hydrogen-bond acceptors (Lipinski definition) is 6. The molecule has 4 rings (SSSR count). The number of aryl methyl sites for hydroxylation is 1. The number of rotatable bonds is 7. The predicted molar refractivity (Wildman–Crippen MR) is 122 cm³/mol. The number of ether oxygens (including phenoxy) is 1. The van der Waals surface area contributed by atoms with Gasteiger partial charge in [-0.05, 0) is 61.9 Å². The number of carbonyl (C=O) groups is 3. The lowest BCUT2D eigenvalue weighted by molar-refractivity contribution is -0.134. The Morgan fingerprint density at radius 3 is 2.82 bits per heavy atom. The van der Waals surface area contributed by atoms with Gasteiger partial charge in [0, 0.05) is 5.92 Å². The van der Waals surface area contributed by atoms with E-state index in [-0.39, 0.29) is 36.4 Å². The van der Waals surface area contributed by atoms with Crippen LogP contribution in [0.3, 0.4) is 0 Å². The highest BCUT2D eigenvalue weighted by Crippen LogP contribution is 2.29. The summed E-state index contributed by atoms with van der Waals surface area (Å²) in [6.45, 7) is 0.201. The molecule has 1 saturated heterocycles. The van der Waals surface area contributed by atoms with Crippen molar-refractivity contribution in [3.63, 3.8) is 0 Å². The van der Waals surface area contributed by atoms with E-state index in [9.17, 15) is 23.9 Å². The average Bonchev–Trinajstić information content (AvgIpc) is 3.38. The van der Waals surface area contributed by atoms with Crippen LogP contribution in [-0.4, -0.2) is 48.2 Å². The van der Waals surface area contributed by atoms with Crippen LogP contribution in [0.1, 0.15) is 40.9 Å². The minimum absolute atomic E-state index is 0.0948. The first-order chi connectivity index (χ1) is 15.8. The van der Waals surface area contributed by atoms with Gasteiger partial charge < -0.3 is 15.2 Å². The van der Waals surface area contributed by atoms with Crippen molar-refractivity contribution in [1.82, 2.24) is 5.32 Å². The topological polar surface area (TPSA) is 95.9 Å². The maximum absolute atomic E-state index is 14.8. The van der Waals surface area contributed by atoms with Crippen LogP contribution in [0.4, 0.5) is 14.9 Å². The lowest BCUT2D eigenvalue weighted by Gasteiger charge is -2.24. The van der Waals surface area contributed by atoms with E-state index < -0.39 is 24.1 Å². The van der Waals surface area contributed by atoms with Crippen LogP contribution < -0.4 is 10.2 Å². The average molecular weight is 495 g/mol. The summed E-state index contributed by atoms with van der Waals surface area (Å²) in [5, 5.41) is 12.4. The molecule has 1 saturated carbocycles. The van der Waals surface area contributed by atoms with E-state index in [0.29, 0.717) is 28.5 Å². The predicted octanol–water partition coefficient (Wildman–Crippen LogP) is 3.96. The van der Waals surface area contributed by atoms with Gasteiger partial charge in [-0.2, -0.15) is 0 Å². The smallest absolute Gasteiger partial charge is 0.414 e. The maximum atomic E-state index is 14.8. The molecule has 1 aliphatic carbocycles. The second kappa shape index (κ2) is 10.2. The molecule has 2 amide bonds. The fourth-order valence-corrected chi connectivity index (χ4v) is 5.18. The van der Waals surface area contributed by atoms with Crippen molar-refractivity contribution in [2.45, 2.75) is 44.3 Å². The molecule has 2 aromatic rings. The van der Waals surface area contributed by atoms with Crippen LogP contribution >= 0.6 is 22.9 Å². The largest absolute Gasteiger partial charge is 0.442 e. The minimum atomic E-state index is -0.884. The zero-order valence-electron chi connectivity index (χ0n) is 17.8. The Morgan fingerprint density at radius 1 is 1.27 bits per heavy atom. The third-order valence-electron chi connectivity index (χ3n) is 6.01. The maximum Gasteiger partial charge on any atom is 0.414 e. The van der Waals surface area contributed by atoms with Crippen molar-refractivity contribution in [1.29, 1.82) is 0 Å². The number of amides is 2. The fourth-order valence-electron chi connectivity index (χ4n) is 4.22. The van der Waals surface area contributed by atoms with Crippen LogP contribution in [0.25, 0.3) is 0 Å². The molecule has 33 heavy (non-hydrogen) atoms. The van der Waals surface area contributed by atoms with Gasteiger partial charge in [-0.3, -0.25) is 14.5 Å². The van der Waals surface area contributed by atoms with E-state index in [0.717, 1.165) is 29.7 Å². The number of cyclic esters (lactones) is 1. The standard InChI is InChI=1S/C23H24ClFN2O5S/c24-20-9-8-19(33-20)22(30)26-11-15-12-27(23(31)32-15)17-7-5-13(10-16(17)25)4-6-14-2-1-3-18(28)21(14)29/h5,7-10,14-15,18,28H,1-4,6,11-12H2,(H,26,30)/t14?,15-,18?/m0/s1. The van der Waals surface area contributed by atoms with E-state index in [1.165, 1.54) is 17.0 Å².